The van der Waals surface area contributed by atoms with Gasteiger partial charge in [-0.2, -0.15) is 0 Å². The molecule has 2 aliphatic heterocycles. The molecule has 0 spiro atoms. The molecule has 0 unspecified atom stereocenters. The van der Waals surface area contributed by atoms with Gasteiger partial charge in [-0.25, -0.2) is 4.98 Å². The molecular formula is C36H35N3O5. The number of phenols is 1. The van der Waals surface area contributed by atoms with E-state index in [1.54, 1.807) is 12.1 Å². The molecule has 0 bridgehead atoms. The summed E-state index contributed by atoms with van der Waals surface area (Å²) in [4.78, 5) is 7.70. The summed E-state index contributed by atoms with van der Waals surface area (Å²) in [5.41, 5.74) is 6.35. The molecule has 0 saturated heterocycles. The molecule has 0 atom stereocenters. The standard InChI is InChI=1S/C36H35N3O5/c1-2-3-17-39-30(35(27-11-13-29(40)14-12-27)37-36(39)28-7-5-4-6-8-28)22-38(20-25-9-15-31-33(18-25)43-23-41-31)21-26-10-16-32-34(19-26)44-24-42-32/h4-16,18-19,40H,2-3,17,20-24H2,1H3. The van der Waals surface area contributed by atoms with E-state index in [-0.39, 0.29) is 19.3 Å². The van der Waals surface area contributed by atoms with Gasteiger partial charge in [0.05, 0.1) is 11.4 Å². The Morgan fingerprint density at radius 1 is 0.705 bits per heavy atom. The Morgan fingerprint density at radius 2 is 1.32 bits per heavy atom. The maximum Gasteiger partial charge on any atom is 0.231 e. The summed E-state index contributed by atoms with van der Waals surface area (Å²) in [5.74, 6) is 4.27. The monoisotopic (exact) mass is 589 g/mol. The van der Waals surface area contributed by atoms with E-state index in [9.17, 15) is 5.11 Å². The number of rotatable bonds is 11. The molecule has 7 rings (SSSR count). The van der Waals surface area contributed by atoms with Crippen LogP contribution in [0.4, 0.5) is 0 Å². The predicted octanol–water partition coefficient (Wildman–Crippen LogP) is 7.38. The largest absolute Gasteiger partial charge is 0.508 e. The lowest BCUT2D eigenvalue weighted by Gasteiger charge is -2.25. The second kappa shape index (κ2) is 12.3. The van der Waals surface area contributed by atoms with Crippen LogP contribution in [0.1, 0.15) is 36.6 Å². The predicted molar refractivity (Wildman–Crippen MR) is 168 cm³/mol. The maximum atomic E-state index is 10.1. The Bertz CT molecular complexity index is 1690. The summed E-state index contributed by atoms with van der Waals surface area (Å²) in [6.07, 6.45) is 2.10. The third kappa shape index (κ3) is 5.81. The molecule has 224 valence electrons. The van der Waals surface area contributed by atoms with Crippen LogP contribution in [0, 0.1) is 0 Å². The highest BCUT2D eigenvalue weighted by atomic mass is 16.7. The molecule has 0 amide bonds. The SMILES string of the molecule is CCCCn1c(-c2ccccc2)nc(-c2ccc(O)cc2)c1CN(Cc1ccc2c(c1)OCO2)Cc1ccc2c(c1)OCO2. The molecule has 0 fully saturated rings. The van der Waals surface area contributed by atoms with Gasteiger partial charge in [-0.05, 0) is 66.1 Å². The van der Waals surface area contributed by atoms with Gasteiger partial charge >= 0.3 is 0 Å². The van der Waals surface area contributed by atoms with E-state index in [0.717, 1.165) is 81.9 Å². The van der Waals surface area contributed by atoms with Gasteiger partial charge in [0.1, 0.15) is 11.6 Å². The van der Waals surface area contributed by atoms with Crippen molar-refractivity contribution < 1.29 is 24.1 Å². The highest BCUT2D eigenvalue weighted by Crippen LogP contribution is 2.36. The van der Waals surface area contributed by atoms with Gasteiger partial charge in [0, 0.05) is 37.3 Å². The number of unbranched alkanes of at least 4 members (excludes halogenated alkanes) is 1. The van der Waals surface area contributed by atoms with Crippen molar-refractivity contribution in [1.29, 1.82) is 0 Å². The van der Waals surface area contributed by atoms with Crippen LogP contribution in [-0.4, -0.2) is 33.1 Å². The van der Waals surface area contributed by atoms with E-state index in [2.05, 4.69) is 64.9 Å². The second-order valence-corrected chi connectivity index (χ2v) is 11.2. The number of aromatic nitrogens is 2. The summed E-state index contributed by atoms with van der Waals surface area (Å²) in [5, 5.41) is 10.1. The first-order chi connectivity index (χ1) is 21.6. The van der Waals surface area contributed by atoms with E-state index in [1.807, 2.05) is 30.3 Å². The van der Waals surface area contributed by atoms with Crippen molar-refractivity contribution in [2.75, 3.05) is 13.6 Å². The normalized spacial score (nSPS) is 13.1. The van der Waals surface area contributed by atoms with E-state index in [1.165, 1.54) is 0 Å². The number of phenolic OH excluding ortho intramolecular Hbond substituents is 1. The highest BCUT2D eigenvalue weighted by Gasteiger charge is 2.24. The molecule has 0 saturated carbocycles. The van der Waals surface area contributed by atoms with E-state index in [0.29, 0.717) is 19.6 Å². The lowest BCUT2D eigenvalue weighted by atomic mass is 10.1. The van der Waals surface area contributed by atoms with Gasteiger partial charge in [0.15, 0.2) is 23.0 Å². The zero-order valence-corrected chi connectivity index (χ0v) is 24.7. The van der Waals surface area contributed by atoms with Crippen molar-refractivity contribution in [3.63, 3.8) is 0 Å². The smallest absolute Gasteiger partial charge is 0.231 e. The highest BCUT2D eigenvalue weighted by molar-refractivity contribution is 5.69. The lowest BCUT2D eigenvalue weighted by molar-refractivity contribution is 0.173. The Labute approximate surface area is 257 Å². The summed E-state index contributed by atoms with van der Waals surface area (Å²) >= 11 is 0. The van der Waals surface area contributed by atoms with Gasteiger partial charge in [-0.1, -0.05) is 55.8 Å². The molecule has 44 heavy (non-hydrogen) atoms. The number of hydrogen-bond donors (Lipinski definition) is 1. The average Bonchev–Trinajstić information content (AvgIpc) is 3.79. The Kier molecular flexibility index (Phi) is 7.81. The number of hydrogen-bond acceptors (Lipinski definition) is 7. The first-order valence-corrected chi connectivity index (χ1v) is 15.1. The number of imidazole rings is 1. The van der Waals surface area contributed by atoms with E-state index < -0.39 is 0 Å². The van der Waals surface area contributed by atoms with Crippen molar-refractivity contribution in [1.82, 2.24) is 14.5 Å². The number of nitrogens with zero attached hydrogens (tertiary/aromatic N) is 3. The van der Waals surface area contributed by atoms with E-state index >= 15 is 0 Å². The molecule has 0 aliphatic carbocycles. The summed E-state index contributed by atoms with van der Waals surface area (Å²) in [6.45, 7) is 5.56. The topological polar surface area (TPSA) is 78.2 Å². The van der Waals surface area contributed by atoms with Crippen LogP contribution in [0.25, 0.3) is 22.6 Å². The minimum Gasteiger partial charge on any atom is -0.508 e. The maximum absolute atomic E-state index is 10.1. The second-order valence-electron chi connectivity index (χ2n) is 11.2. The molecule has 2 aliphatic rings. The zero-order valence-electron chi connectivity index (χ0n) is 24.7. The molecule has 8 heteroatoms. The van der Waals surface area contributed by atoms with Crippen LogP contribution in [0.5, 0.6) is 28.7 Å². The lowest BCUT2D eigenvalue weighted by Crippen LogP contribution is -2.24. The number of benzene rings is 4. The van der Waals surface area contributed by atoms with Crippen LogP contribution in [-0.2, 0) is 26.2 Å². The Morgan fingerprint density at radius 3 is 1.93 bits per heavy atom. The third-order valence-corrected chi connectivity index (χ3v) is 8.04. The Hall–Kier alpha value is -4.95. The van der Waals surface area contributed by atoms with E-state index in [4.69, 9.17) is 23.9 Å². The van der Waals surface area contributed by atoms with Crippen LogP contribution >= 0.6 is 0 Å². The van der Waals surface area contributed by atoms with Crippen molar-refractivity contribution in [2.24, 2.45) is 0 Å². The fraction of sp³-hybridized carbons (Fsp3) is 0.250. The molecule has 8 nitrogen and oxygen atoms in total. The molecule has 3 heterocycles. The number of ether oxygens (including phenoxy) is 4. The molecule has 1 aromatic heterocycles. The van der Waals surface area contributed by atoms with Gasteiger partial charge in [-0.15, -0.1) is 0 Å². The molecular weight excluding hydrogens is 554 g/mol. The quantitative estimate of drug-likeness (QED) is 0.172. The van der Waals surface area contributed by atoms with Crippen LogP contribution < -0.4 is 18.9 Å². The van der Waals surface area contributed by atoms with Crippen LogP contribution in [0.15, 0.2) is 91.0 Å². The van der Waals surface area contributed by atoms with Crippen molar-refractivity contribution >= 4 is 0 Å². The minimum absolute atomic E-state index is 0.233. The fourth-order valence-electron chi connectivity index (χ4n) is 5.84. The summed E-state index contributed by atoms with van der Waals surface area (Å²) in [6, 6.07) is 30.0. The van der Waals surface area contributed by atoms with Gasteiger partial charge in [0.25, 0.3) is 0 Å². The minimum atomic E-state index is 0.233. The first kappa shape index (κ1) is 27.9. The van der Waals surface area contributed by atoms with Gasteiger partial charge in [0.2, 0.25) is 13.6 Å². The number of fused-ring (bicyclic) bond motifs is 2. The van der Waals surface area contributed by atoms with Crippen LogP contribution in [0.3, 0.4) is 0 Å². The van der Waals surface area contributed by atoms with Crippen LogP contribution in [0.2, 0.25) is 0 Å². The molecule has 1 N–H and O–H groups in total. The Balaban J connectivity index is 1.32. The van der Waals surface area contributed by atoms with Crippen molar-refractivity contribution in [3.8, 4) is 51.4 Å². The van der Waals surface area contributed by atoms with Gasteiger partial charge < -0.3 is 28.6 Å². The summed E-state index contributed by atoms with van der Waals surface area (Å²) < 4.78 is 24.9. The summed E-state index contributed by atoms with van der Waals surface area (Å²) in [7, 11) is 0. The zero-order chi connectivity index (χ0) is 29.9. The third-order valence-electron chi connectivity index (χ3n) is 8.04. The molecule has 4 aromatic carbocycles. The molecule has 0 radical (unpaired) electrons. The average molecular weight is 590 g/mol. The van der Waals surface area contributed by atoms with Crippen molar-refractivity contribution in [2.45, 2.75) is 45.9 Å². The first-order valence-electron chi connectivity index (χ1n) is 15.1. The fourth-order valence-corrected chi connectivity index (χ4v) is 5.84. The van der Waals surface area contributed by atoms with Crippen molar-refractivity contribution in [3.05, 3.63) is 108 Å². The molecule has 5 aromatic rings. The number of aromatic hydroxyl groups is 1. The van der Waals surface area contributed by atoms with Gasteiger partial charge in [-0.3, -0.25) is 4.90 Å².